The van der Waals surface area contributed by atoms with Gasteiger partial charge in [-0.05, 0) is 31.0 Å². The van der Waals surface area contributed by atoms with Crippen molar-refractivity contribution >= 4 is 10.0 Å². The topological polar surface area (TPSA) is 64.4 Å². The van der Waals surface area contributed by atoms with Gasteiger partial charge >= 0.3 is 0 Å². The van der Waals surface area contributed by atoms with Gasteiger partial charge in [-0.3, -0.25) is 4.68 Å². The van der Waals surface area contributed by atoms with Gasteiger partial charge in [0.2, 0.25) is 10.0 Å². The number of hydrogen-bond donors (Lipinski definition) is 0. The molecule has 1 saturated heterocycles. The van der Waals surface area contributed by atoms with E-state index in [-0.39, 0.29) is 6.10 Å². The highest BCUT2D eigenvalue weighted by Crippen LogP contribution is 2.26. The van der Waals surface area contributed by atoms with Crippen LogP contribution in [-0.4, -0.2) is 42.2 Å². The van der Waals surface area contributed by atoms with Crippen LogP contribution in [0, 0.1) is 0 Å². The molecule has 1 atom stereocenters. The van der Waals surface area contributed by atoms with Crippen molar-refractivity contribution in [3.8, 4) is 0 Å². The van der Waals surface area contributed by atoms with E-state index in [1.807, 2.05) is 29.9 Å². The van der Waals surface area contributed by atoms with Gasteiger partial charge in [-0.1, -0.05) is 25.5 Å². The minimum absolute atomic E-state index is 0.275. The number of aromatic nitrogens is 2. The third-order valence-electron chi connectivity index (χ3n) is 4.48. The fourth-order valence-corrected chi connectivity index (χ4v) is 4.45. The Labute approximate surface area is 149 Å². The number of morpholine rings is 1. The Morgan fingerprint density at radius 1 is 1.24 bits per heavy atom. The Kier molecular flexibility index (Phi) is 5.56. The van der Waals surface area contributed by atoms with Gasteiger partial charge in [0.05, 0.1) is 23.8 Å². The molecule has 25 heavy (non-hydrogen) atoms. The van der Waals surface area contributed by atoms with E-state index in [2.05, 4.69) is 12.0 Å². The number of hydrogen-bond acceptors (Lipinski definition) is 4. The zero-order valence-electron chi connectivity index (χ0n) is 14.8. The lowest BCUT2D eigenvalue weighted by Crippen LogP contribution is -2.42. The Morgan fingerprint density at radius 3 is 2.64 bits per heavy atom. The van der Waals surface area contributed by atoms with Crippen molar-refractivity contribution in [1.82, 2.24) is 14.1 Å². The third kappa shape index (κ3) is 3.94. The molecule has 1 fully saturated rings. The molecule has 2 aromatic rings. The quantitative estimate of drug-likeness (QED) is 0.791. The van der Waals surface area contributed by atoms with Crippen molar-refractivity contribution in [1.29, 1.82) is 0 Å². The summed E-state index contributed by atoms with van der Waals surface area (Å²) < 4.78 is 35.0. The third-order valence-corrected chi connectivity index (χ3v) is 6.36. The highest BCUT2D eigenvalue weighted by atomic mass is 32.2. The summed E-state index contributed by atoms with van der Waals surface area (Å²) in [6, 6.07) is 7.22. The highest BCUT2D eigenvalue weighted by Gasteiger charge is 2.32. The maximum atomic E-state index is 12.9. The maximum absolute atomic E-state index is 12.9. The van der Waals surface area contributed by atoms with Crippen LogP contribution in [0.25, 0.3) is 0 Å². The fourth-order valence-electron chi connectivity index (χ4n) is 3.03. The van der Waals surface area contributed by atoms with E-state index < -0.39 is 10.0 Å². The van der Waals surface area contributed by atoms with Crippen LogP contribution in [0.1, 0.15) is 37.5 Å². The minimum atomic E-state index is -3.51. The van der Waals surface area contributed by atoms with Crippen molar-refractivity contribution in [3.05, 3.63) is 47.8 Å². The first-order valence-corrected chi connectivity index (χ1v) is 10.2. The molecule has 1 aromatic heterocycles. The molecule has 3 rings (SSSR count). The summed E-state index contributed by atoms with van der Waals surface area (Å²) in [4.78, 5) is 0.345. The second-order valence-corrected chi connectivity index (χ2v) is 8.18. The lowest BCUT2D eigenvalue weighted by atomic mass is 10.1. The normalized spacial score (nSPS) is 19.2. The van der Waals surface area contributed by atoms with Gasteiger partial charge in [-0.25, -0.2) is 8.42 Å². The fraction of sp³-hybridized carbons (Fsp3) is 0.500. The molecule has 7 heteroatoms. The second kappa shape index (κ2) is 7.68. The predicted molar refractivity (Wildman–Crippen MR) is 95.8 cm³/mol. The van der Waals surface area contributed by atoms with Crippen LogP contribution in [0.2, 0.25) is 0 Å². The zero-order chi connectivity index (χ0) is 17.9. The molecule has 0 spiro atoms. The van der Waals surface area contributed by atoms with E-state index in [0.29, 0.717) is 24.6 Å². The summed E-state index contributed by atoms with van der Waals surface area (Å²) in [5.74, 6) is 0. The van der Waals surface area contributed by atoms with Crippen molar-refractivity contribution in [3.63, 3.8) is 0 Å². The van der Waals surface area contributed by atoms with Gasteiger partial charge in [-0.2, -0.15) is 9.40 Å². The Bertz CT molecular complexity index is 799. The number of ether oxygens (including phenoxy) is 1. The van der Waals surface area contributed by atoms with Gasteiger partial charge in [0, 0.05) is 31.4 Å². The number of aryl methyl sites for hydroxylation is 2. The van der Waals surface area contributed by atoms with E-state index in [1.54, 1.807) is 18.3 Å². The van der Waals surface area contributed by atoms with Crippen molar-refractivity contribution in [2.24, 2.45) is 0 Å². The summed E-state index contributed by atoms with van der Waals surface area (Å²) in [5, 5.41) is 4.25. The number of benzene rings is 1. The standard InChI is InChI=1S/C18H25N3O3S/c1-3-5-15-6-8-17(9-7-15)25(22,23)21-10-11-24-18(14-21)16-12-19-20(4-2)13-16/h6-9,12-13,18H,3-5,10-11,14H2,1-2H3. The van der Waals surface area contributed by atoms with E-state index in [0.717, 1.165) is 30.5 Å². The maximum Gasteiger partial charge on any atom is 0.243 e. The van der Waals surface area contributed by atoms with Gasteiger partial charge in [0.15, 0.2) is 0 Å². The first-order chi connectivity index (χ1) is 12.0. The molecule has 2 heterocycles. The molecule has 6 nitrogen and oxygen atoms in total. The Hall–Kier alpha value is -1.70. The van der Waals surface area contributed by atoms with E-state index >= 15 is 0 Å². The molecule has 1 unspecified atom stereocenters. The van der Waals surface area contributed by atoms with Gasteiger partial charge in [0.1, 0.15) is 0 Å². The molecule has 1 aromatic carbocycles. The minimum Gasteiger partial charge on any atom is -0.371 e. The molecule has 0 aliphatic carbocycles. The average molecular weight is 363 g/mol. The van der Waals surface area contributed by atoms with E-state index in [4.69, 9.17) is 4.74 Å². The monoisotopic (exact) mass is 363 g/mol. The predicted octanol–water partition coefficient (Wildman–Crippen LogP) is 2.62. The largest absolute Gasteiger partial charge is 0.371 e. The second-order valence-electron chi connectivity index (χ2n) is 6.25. The van der Waals surface area contributed by atoms with E-state index in [1.165, 1.54) is 4.31 Å². The molecular formula is C18H25N3O3S. The van der Waals surface area contributed by atoms with Gasteiger partial charge in [0.25, 0.3) is 0 Å². The van der Waals surface area contributed by atoms with Crippen LogP contribution in [0.4, 0.5) is 0 Å². The summed E-state index contributed by atoms with van der Waals surface area (Å²) in [6.07, 6.45) is 5.40. The number of rotatable bonds is 6. The van der Waals surface area contributed by atoms with Crippen LogP contribution < -0.4 is 0 Å². The summed E-state index contributed by atoms with van der Waals surface area (Å²) in [6.45, 7) is 5.97. The van der Waals surface area contributed by atoms with E-state index in [9.17, 15) is 8.42 Å². The summed E-state index contributed by atoms with van der Waals surface area (Å²) in [5.41, 5.74) is 2.08. The zero-order valence-corrected chi connectivity index (χ0v) is 15.6. The lowest BCUT2D eigenvalue weighted by molar-refractivity contribution is -0.00260. The van der Waals surface area contributed by atoms with Crippen LogP contribution in [0.3, 0.4) is 0 Å². The smallest absolute Gasteiger partial charge is 0.243 e. The van der Waals surface area contributed by atoms with Crippen LogP contribution in [0.5, 0.6) is 0 Å². The van der Waals surface area contributed by atoms with Gasteiger partial charge < -0.3 is 4.74 Å². The molecule has 1 aliphatic rings. The highest BCUT2D eigenvalue weighted by molar-refractivity contribution is 7.89. The Morgan fingerprint density at radius 2 is 2.00 bits per heavy atom. The first-order valence-electron chi connectivity index (χ1n) is 8.77. The molecule has 0 amide bonds. The average Bonchev–Trinajstić information content (AvgIpc) is 3.12. The molecule has 0 saturated carbocycles. The van der Waals surface area contributed by atoms with Crippen LogP contribution in [-0.2, 0) is 27.7 Å². The molecule has 0 radical (unpaired) electrons. The lowest BCUT2D eigenvalue weighted by Gasteiger charge is -2.31. The number of sulfonamides is 1. The molecule has 0 N–H and O–H groups in total. The van der Waals surface area contributed by atoms with Crippen molar-refractivity contribution in [2.75, 3.05) is 19.7 Å². The summed E-state index contributed by atoms with van der Waals surface area (Å²) in [7, 11) is -3.51. The van der Waals surface area contributed by atoms with Crippen LogP contribution in [0.15, 0.2) is 41.6 Å². The molecular weight excluding hydrogens is 338 g/mol. The molecule has 136 valence electrons. The Balaban J connectivity index is 1.77. The molecule has 0 bridgehead atoms. The van der Waals surface area contributed by atoms with Crippen molar-refractivity contribution < 1.29 is 13.2 Å². The first kappa shape index (κ1) is 18.1. The van der Waals surface area contributed by atoms with Gasteiger partial charge in [-0.15, -0.1) is 0 Å². The van der Waals surface area contributed by atoms with Crippen LogP contribution >= 0.6 is 0 Å². The van der Waals surface area contributed by atoms with Crippen molar-refractivity contribution in [2.45, 2.75) is 44.2 Å². The number of nitrogens with zero attached hydrogens (tertiary/aromatic N) is 3. The summed E-state index contributed by atoms with van der Waals surface area (Å²) >= 11 is 0. The SMILES string of the molecule is CCCc1ccc(S(=O)(=O)N2CCOC(c3cnn(CC)c3)C2)cc1. The molecule has 1 aliphatic heterocycles.